The summed E-state index contributed by atoms with van der Waals surface area (Å²) in [5.74, 6) is 0.716. The molecule has 1 fully saturated rings. The number of nitrogens with two attached hydrogens (primary N) is 1. The van der Waals surface area contributed by atoms with E-state index in [4.69, 9.17) is 10.5 Å². The Morgan fingerprint density at radius 1 is 1.33 bits per heavy atom. The highest BCUT2D eigenvalue weighted by atomic mass is 16.5. The molecule has 0 aromatic heterocycles. The highest BCUT2D eigenvalue weighted by molar-refractivity contribution is 5.18. The maximum absolute atomic E-state index is 6.15. The predicted octanol–water partition coefficient (Wildman–Crippen LogP) is 2.09. The molecular formula is C15H24N2O. The molecule has 18 heavy (non-hydrogen) atoms. The maximum atomic E-state index is 6.15. The zero-order valence-electron chi connectivity index (χ0n) is 11.0. The Morgan fingerprint density at radius 3 is 2.89 bits per heavy atom. The fourth-order valence-corrected chi connectivity index (χ4v) is 2.36. The van der Waals surface area contributed by atoms with Crippen molar-refractivity contribution in [3.63, 3.8) is 0 Å². The molecule has 3 nitrogen and oxygen atoms in total. The molecule has 0 spiro atoms. The molecule has 0 radical (unpaired) electrons. The van der Waals surface area contributed by atoms with Crippen molar-refractivity contribution >= 4 is 0 Å². The normalized spacial score (nSPS) is 21.1. The molecule has 0 saturated carbocycles. The van der Waals surface area contributed by atoms with Gasteiger partial charge in [-0.2, -0.15) is 0 Å². The molecule has 100 valence electrons. The standard InChI is InChI=1S/C15H24N2O/c16-15(14-5-2-1-3-6-14)7-4-9-17-11-13-8-10-18-12-13/h1-3,5-6,13,15,17H,4,7-12,16H2. The van der Waals surface area contributed by atoms with Crippen molar-refractivity contribution in [1.82, 2.24) is 5.32 Å². The van der Waals surface area contributed by atoms with E-state index < -0.39 is 0 Å². The van der Waals surface area contributed by atoms with Crippen LogP contribution >= 0.6 is 0 Å². The van der Waals surface area contributed by atoms with E-state index >= 15 is 0 Å². The van der Waals surface area contributed by atoms with Crippen LogP contribution in [0.15, 0.2) is 30.3 Å². The topological polar surface area (TPSA) is 47.3 Å². The number of hydrogen-bond acceptors (Lipinski definition) is 3. The van der Waals surface area contributed by atoms with Crippen molar-refractivity contribution < 1.29 is 4.74 Å². The van der Waals surface area contributed by atoms with E-state index in [0.29, 0.717) is 5.92 Å². The molecule has 1 aliphatic heterocycles. The Balaban J connectivity index is 1.55. The van der Waals surface area contributed by atoms with Crippen LogP contribution in [0.1, 0.15) is 30.9 Å². The molecule has 3 N–H and O–H groups in total. The minimum absolute atomic E-state index is 0.169. The fourth-order valence-electron chi connectivity index (χ4n) is 2.36. The smallest absolute Gasteiger partial charge is 0.0507 e. The first kappa shape index (κ1) is 13.5. The van der Waals surface area contributed by atoms with E-state index in [1.54, 1.807) is 0 Å². The third kappa shape index (κ3) is 4.41. The van der Waals surface area contributed by atoms with E-state index in [9.17, 15) is 0 Å². The summed E-state index contributed by atoms with van der Waals surface area (Å²) in [6.45, 7) is 4.00. The molecular weight excluding hydrogens is 224 g/mol. The Bertz CT molecular complexity index is 323. The fraction of sp³-hybridized carbons (Fsp3) is 0.600. The third-order valence-electron chi connectivity index (χ3n) is 3.55. The van der Waals surface area contributed by atoms with Crippen LogP contribution in [0.4, 0.5) is 0 Å². The zero-order chi connectivity index (χ0) is 12.6. The SMILES string of the molecule is NC(CCCNCC1CCOC1)c1ccccc1. The summed E-state index contributed by atoms with van der Waals surface area (Å²) < 4.78 is 5.35. The average Bonchev–Trinajstić information content (AvgIpc) is 2.92. The first-order chi connectivity index (χ1) is 8.86. The maximum Gasteiger partial charge on any atom is 0.0507 e. The Morgan fingerprint density at radius 2 is 2.17 bits per heavy atom. The van der Waals surface area contributed by atoms with Crippen molar-refractivity contribution in [2.45, 2.75) is 25.3 Å². The summed E-state index contributed by atoms with van der Waals surface area (Å²) in [5, 5.41) is 3.50. The molecule has 1 heterocycles. The molecule has 0 bridgehead atoms. The molecule has 1 saturated heterocycles. The van der Waals surface area contributed by atoms with Gasteiger partial charge in [0.15, 0.2) is 0 Å². The van der Waals surface area contributed by atoms with Crippen molar-refractivity contribution in [2.75, 3.05) is 26.3 Å². The van der Waals surface area contributed by atoms with E-state index in [1.165, 1.54) is 12.0 Å². The molecule has 3 heteroatoms. The highest BCUT2D eigenvalue weighted by Gasteiger charge is 2.14. The van der Waals surface area contributed by atoms with Crippen LogP contribution in [0.5, 0.6) is 0 Å². The Kier molecular flexibility index (Phi) is 5.65. The molecule has 2 rings (SSSR count). The highest BCUT2D eigenvalue weighted by Crippen LogP contribution is 2.15. The first-order valence-corrected chi connectivity index (χ1v) is 6.95. The van der Waals surface area contributed by atoms with E-state index in [0.717, 1.165) is 39.1 Å². The van der Waals surface area contributed by atoms with Crippen LogP contribution in [0.2, 0.25) is 0 Å². The van der Waals surface area contributed by atoms with Crippen LogP contribution in [0.3, 0.4) is 0 Å². The molecule has 2 atom stereocenters. The van der Waals surface area contributed by atoms with Crippen molar-refractivity contribution in [3.8, 4) is 0 Å². The van der Waals surface area contributed by atoms with Gasteiger partial charge in [-0.05, 0) is 37.3 Å². The van der Waals surface area contributed by atoms with Gasteiger partial charge in [-0.3, -0.25) is 0 Å². The lowest BCUT2D eigenvalue weighted by atomic mass is 10.0. The van der Waals surface area contributed by atoms with Gasteiger partial charge in [0.2, 0.25) is 0 Å². The molecule has 1 aliphatic rings. The van der Waals surface area contributed by atoms with Gasteiger partial charge in [-0.1, -0.05) is 30.3 Å². The molecule has 1 aromatic rings. The lowest BCUT2D eigenvalue weighted by molar-refractivity contribution is 0.185. The second-order valence-electron chi connectivity index (χ2n) is 5.09. The Labute approximate surface area is 110 Å². The quantitative estimate of drug-likeness (QED) is 0.726. The summed E-state index contributed by atoms with van der Waals surface area (Å²) in [4.78, 5) is 0. The lowest BCUT2D eigenvalue weighted by Crippen LogP contribution is -2.24. The van der Waals surface area contributed by atoms with Gasteiger partial charge >= 0.3 is 0 Å². The third-order valence-corrected chi connectivity index (χ3v) is 3.55. The van der Waals surface area contributed by atoms with E-state index in [2.05, 4.69) is 17.4 Å². The van der Waals surface area contributed by atoms with Gasteiger partial charge in [0.25, 0.3) is 0 Å². The predicted molar refractivity (Wildman–Crippen MR) is 74.4 cm³/mol. The summed E-state index contributed by atoms with van der Waals surface area (Å²) in [5.41, 5.74) is 7.39. The minimum atomic E-state index is 0.169. The minimum Gasteiger partial charge on any atom is -0.381 e. The summed E-state index contributed by atoms with van der Waals surface area (Å²) >= 11 is 0. The van der Waals surface area contributed by atoms with Gasteiger partial charge in [0.05, 0.1) is 6.61 Å². The van der Waals surface area contributed by atoms with Crippen LogP contribution in [-0.2, 0) is 4.74 Å². The van der Waals surface area contributed by atoms with E-state index in [1.807, 2.05) is 18.2 Å². The summed E-state index contributed by atoms with van der Waals surface area (Å²) in [6.07, 6.45) is 3.37. The van der Waals surface area contributed by atoms with Crippen molar-refractivity contribution in [2.24, 2.45) is 11.7 Å². The summed E-state index contributed by atoms with van der Waals surface area (Å²) in [7, 11) is 0. The summed E-state index contributed by atoms with van der Waals surface area (Å²) in [6, 6.07) is 10.5. The lowest BCUT2D eigenvalue weighted by Gasteiger charge is -2.13. The van der Waals surface area contributed by atoms with Gasteiger partial charge in [0, 0.05) is 19.2 Å². The van der Waals surface area contributed by atoms with Gasteiger partial charge in [-0.15, -0.1) is 0 Å². The van der Waals surface area contributed by atoms with Crippen molar-refractivity contribution in [1.29, 1.82) is 0 Å². The van der Waals surface area contributed by atoms with Crippen LogP contribution in [0, 0.1) is 5.92 Å². The average molecular weight is 248 g/mol. The van der Waals surface area contributed by atoms with E-state index in [-0.39, 0.29) is 6.04 Å². The van der Waals surface area contributed by atoms with Crippen LogP contribution < -0.4 is 11.1 Å². The van der Waals surface area contributed by atoms with Gasteiger partial charge in [0.1, 0.15) is 0 Å². The molecule has 2 unspecified atom stereocenters. The van der Waals surface area contributed by atoms with Crippen molar-refractivity contribution in [3.05, 3.63) is 35.9 Å². The Hall–Kier alpha value is -0.900. The largest absolute Gasteiger partial charge is 0.381 e. The zero-order valence-corrected chi connectivity index (χ0v) is 11.0. The number of hydrogen-bond donors (Lipinski definition) is 2. The monoisotopic (exact) mass is 248 g/mol. The number of ether oxygens (including phenoxy) is 1. The molecule has 0 aliphatic carbocycles. The van der Waals surface area contributed by atoms with Gasteiger partial charge < -0.3 is 15.8 Å². The first-order valence-electron chi connectivity index (χ1n) is 6.95. The van der Waals surface area contributed by atoms with Crippen LogP contribution in [0.25, 0.3) is 0 Å². The molecule has 0 amide bonds. The number of benzene rings is 1. The number of rotatable bonds is 7. The van der Waals surface area contributed by atoms with Crippen LogP contribution in [-0.4, -0.2) is 26.3 Å². The second kappa shape index (κ2) is 7.52. The molecule has 1 aromatic carbocycles. The van der Waals surface area contributed by atoms with Gasteiger partial charge in [-0.25, -0.2) is 0 Å². The number of nitrogens with one attached hydrogen (secondary N) is 1. The second-order valence-corrected chi connectivity index (χ2v) is 5.09.